The number of rotatable bonds is 9. The number of carbonyl (C=O) groups is 4. The van der Waals surface area contributed by atoms with Gasteiger partial charge >= 0.3 is 5.97 Å². The van der Waals surface area contributed by atoms with Gasteiger partial charge in [0.15, 0.2) is 0 Å². The lowest BCUT2D eigenvalue weighted by atomic mass is 9.94. The van der Waals surface area contributed by atoms with Gasteiger partial charge in [-0.05, 0) is 48.6 Å². The summed E-state index contributed by atoms with van der Waals surface area (Å²) < 4.78 is 7.76. The minimum Gasteiger partial charge on any atom is -0.481 e. The number of benzene rings is 2. The fourth-order valence-corrected chi connectivity index (χ4v) is 5.07. The lowest BCUT2D eigenvalue weighted by Gasteiger charge is -2.22. The Morgan fingerprint density at radius 2 is 1.90 bits per heavy atom. The molecular formula is C30H36N4O6. The second-order valence-electron chi connectivity index (χ2n) is 10.1. The Hall–Kier alpha value is -4.18. The number of nitrogens with one attached hydrogen (secondary N) is 3. The van der Waals surface area contributed by atoms with E-state index in [1.807, 2.05) is 54.7 Å². The van der Waals surface area contributed by atoms with E-state index in [1.54, 1.807) is 0 Å². The molecule has 3 aromatic rings. The van der Waals surface area contributed by atoms with Crippen LogP contribution >= 0.6 is 0 Å². The van der Waals surface area contributed by atoms with E-state index < -0.39 is 23.8 Å². The van der Waals surface area contributed by atoms with Crippen molar-refractivity contribution in [2.75, 3.05) is 25.1 Å². The molecular weight excluding hydrogens is 512 g/mol. The smallest absolute Gasteiger partial charge is 0.304 e. The predicted octanol–water partition coefficient (Wildman–Crippen LogP) is 2.89. The summed E-state index contributed by atoms with van der Waals surface area (Å²) in [4.78, 5) is 49.3. The van der Waals surface area contributed by atoms with Crippen LogP contribution in [-0.2, 0) is 43.3 Å². The zero-order valence-corrected chi connectivity index (χ0v) is 22.7. The van der Waals surface area contributed by atoms with E-state index in [2.05, 4.69) is 20.5 Å². The van der Waals surface area contributed by atoms with Crippen LogP contribution in [0.25, 0.3) is 10.9 Å². The van der Waals surface area contributed by atoms with Crippen molar-refractivity contribution in [1.29, 1.82) is 0 Å². The van der Waals surface area contributed by atoms with E-state index in [-0.39, 0.29) is 24.7 Å². The number of carbonyl (C=O) groups excluding carboxylic acids is 3. The molecule has 4 N–H and O–H groups in total. The average Bonchev–Trinajstić information content (AvgIpc) is 3.26. The Morgan fingerprint density at radius 3 is 2.65 bits per heavy atom. The molecule has 10 heteroatoms. The second kappa shape index (κ2) is 13.7. The maximum absolute atomic E-state index is 13.4. The lowest BCUT2D eigenvalue weighted by Crippen LogP contribution is -2.50. The molecule has 1 unspecified atom stereocenters. The van der Waals surface area contributed by atoms with E-state index in [9.17, 15) is 24.3 Å². The van der Waals surface area contributed by atoms with E-state index in [0.717, 1.165) is 22.0 Å². The van der Waals surface area contributed by atoms with Gasteiger partial charge in [0.2, 0.25) is 17.7 Å². The summed E-state index contributed by atoms with van der Waals surface area (Å²) in [6.07, 6.45) is 3.54. The molecule has 0 spiro atoms. The molecule has 2 heterocycles. The van der Waals surface area contributed by atoms with Gasteiger partial charge in [-0.1, -0.05) is 30.3 Å². The summed E-state index contributed by atoms with van der Waals surface area (Å²) in [5.41, 5.74) is 3.67. The topological polar surface area (TPSA) is 139 Å². The number of fused-ring (bicyclic) bond motifs is 5. The molecule has 1 aliphatic heterocycles. The van der Waals surface area contributed by atoms with Crippen LogP contribution in [-0.4, -0.2) is 59.2 Å². The van der Waals surface area contributed by atoms with Crippen LogP contribution in [0.1, 0.15) is 37.3 Å². The molecule has 3 amide bonds. The van der Waals surface area contributed by atoms with Gasteiger partial charge in [0.25, 0.3) is 0 Å². The number of aliphatic carboxylic acids is 1. The average molecular weight is 549 g/mol. The van der Waals surface area contributed by atoms with Crippen LogP contribution in [0.15, 0.2) is 54.7 Å². The molecule has 2 atom stereocenters. The van der Waals surface area contributed by atoms with Gasteiger partial charge in [-0.25, -0.2) is 0 Å². The normalized spacial score (nSPS) is 16.7. The summed E-state index contributed by atoms with van der Waals surface area (Å²) >= 11 is 0. The first-order valence-electron chi connectivity index (χ1n) is 13.6. The highest BCUT2D eigenvalue weighted by molar-refractivity contribution is 5.91. The van der Waals surface area contributed by atoms with Gasteiger partial charge in [0, 0.05) is 55.1 Å². The number of hydrogen-bond donors (Lipinski definition) is 4. The van der Waals surface area contributed by atoms with Crippen LogP contribution in [0, 0.1) is 5.92 Å². The van der Waals surface area contributed by atoms with Gasteiger partial charge in [-0.2, -0.15) is 0 Å². The number of carboxylic acids is 1. The largest absolute Gasteiger partial charge is 0.481 e. The Kier molecular flexibility index (Phi) is 9.91. The molecule has 1 aromatic heterocycles. The summed E-state index contributed by atoms with van der Waals surface area (Å²) in [6.45, 7) is 3.30. The van der Waals surface area contributed by atoms with Gasteiger partial charge in [-0.3, -0.25) is 19.2 Å². The standard InChI is InChI=1S/C30H36N4O6/c1-20(35)32-24-11-9-21(10-12-24)5-4-6-22(18-28(36)37)29(38)33-26-17-23-19-34(27-8-3-2-7-25(23)27)14-16-40-15-13-31-30(26)39/h2-3,7-12,19,22,26H,4-6,13-18H2,1H3,(H,31,39)(H,32,35)(H,33,38)(H,36,37)/t22-,26?/m1/s1. The quantitative estimate of drug-likeness (QED) is 0.324. The van der Waals surface area contributed by atoms with E-state index in [1.165, 1.54) is 6.92 Å². The van der Waals surface area contributed by atoms with Crippen molar-refractivity contribution in [2.24, 2.45) is 5.92 Å². The Balaban J connectivity index is 1.45. The molecule has 0 radical (unpaired) electrons. The SMILES string of the molecule is CC(=O)Nc1ccc(CCC[C@H](CC(=O)O)C(=O)NC2Cc3cn(c4ccccc34)CCOCCNC2=O)cc1. The molecule has 40 heavy (non-hydrogen) atoms. The first-order chi connectivity index (χ1) is 19.3. The first kappa shape index (κ1) is 28.8. The highest BCUT2D eigenvalue weighted by Crippen LogP contribution is 2.24. The number of ether oxygens (including phenoxy) is 1. The maximum Gasteiger partial charge on any atom is 0.304 e. The van der Waals surface area contributed by atoms with Gasteiger partial charge < -0.3 is 30.4 Å². The zero-order valence-electron chi connectivity index (χ0n) is 22.7. The zero-order chi connectivity index (χ0) is 28.5. The van der Waals surface area contributed by atoms with E-state index in [0.29, 0.717) is 51.3 Å². The molecule has 0 saturated carbocycles. The van der Waals surface area contributed by atoms with E-state index in [4.69, 9.17) is 4.74 Å². The molecule has 0 aliphatic carbocycles. The predicted molar refractivity (Wildman–Crippen MR) is 151 cm³/mol. The lowest BCUT2D eigenvalue weighted by molar-refractivity contribution is -0.141. The van der Waals surface area contributed by atoms with Crippen molar-refractivity contribution in [1.82, 2.24) is 15.2 Å². The van der Waals surface area contributed by atoms with Crippen LogP contribution in [0.3, 0.4) is 0 Å². The highest BCUT2D eigenvalue weighted by atomic mass is 16.5. The molecule has 10 nitrogen and oxygen atoms in total. The third-order valence-electron chi connectivity index (χ3n) is 7.03. The van der Waals surface area contributed by atoms with Gasteiger partial charge in [0.05, 0.1) is 19.6 Å². The van der Waals surface area contributed by atoms with Crippen molar-refractivity contribution < 1.29 is 29.0 Å². The number of amides is 3. The summed E-state index contributed by atoms with van der Waals surface area (Å²) in [5, 5.41) is 18.9. The van der Waals surface area contributed by atoms with Crippen molar-refractivity contribution in [3.05, 3.63) is 65.9 Å². The number of aromatic nitrogens is 1. The van der Waals surface area contributed by atoms with Crippen LogP contribution in [0.5, 0.6) is 0 Å². The minimum absolute atomic E-state index is 0.149. The molecule has 4 rings (SSSR count). The number of anilines is 1. The van der Waals surface area contributed by atoms with Gasteiger partial charge in [0.1, 0.15) is 6.04 Å². The highest BCUT2D eigenvalue weighted by Gasteiger charge is 2.28. The molecule has 1 aliphatic rings. The molecule has 2 bridgehead atoms. The second-order valence-corrected chi connectivity index (χ2v) is 10.1. The van der Waals surface area contributed by atoms with Crippen molar-refractivity contribution in [3.63, 3.8) is 0 Å². The Labute approximate surface area is 233 Å². The summed E-state index contributed by atoms with van der Waals surface area (Å²) in [7, 11) is 0. The maximum atomic E-state index is 13.4. The monoisotopic (exact) mass is 548 g/mol. The molecule has 0 saturated heterocycles. The summed E-state index contributed by atoms with van der Waals surface area (Å²) in [5.74, 6) is -2.78. The van der Waals surface area contributed by atoms with Gasteiger partial charge in [-0.15, -0.1) is 0 Å². The van der Waals surface area contributed by atoms with Crippen molar-refractivity contribution in [2.45, 2.75) is 51.6 Å². The number of hydrogen-bond acceptors (Lipinski definition) is 5. The first-order valence-corrected chi connectivity index (χ1v) is 13.6. The van der Waals surface area contributed by atoms with Crippen LogP contribution < -0.4 is 16.0 Å². The third kappa shape index (κ3) is 7.92. The molecule has 0 fully saturated rings. The summed E-state index contributed by atoms with van der Waals surface area (Å²) in [6, 6.07) is 14.5. The minimum atomic E-state index is -1.07. The Bertz CT molecular complexity index is 1350. The van der Waals surface area contributed by atoms with Crippen LogP contribution in [0.2, 0.25) is 0 Å². The third-order valence-corrected chi connectivity index (χ3v) is 7.03. The van der Waals surface area contributed by atoms with Crippen LogP contribution in [0.4, 0.5) is 5.69 Å². The number of nitrogens with zero attached hydrogens (tertiary/aromatic N) is 1. The van der Waals surface area contributed by atoms with Crippen molar-refractivity contribution in [3.8, 4) is 0 Å². The molecule has 2 aromatic carbocycles. The fraction of sp³-hybridized carbons (Fsp3) is 0.400. The molecule has 212 valence electrons. The number of aryl methyl sites for hydroxylation is 1. The van der Waals surface area contributed by atoms with Crippen molar-refractivity contribution >= 4 is 40.3 Å². The Morgan fingerprint density at radius 1 is 1.12 bits per heavy atom. The number of para-hydroxylation sites is 1. The van der Waals surface area contributed by atoms with E-state index >= 15 is 0 Å². The fourth-order valence-electron chi connectivity index (χ4n) is 5.07. The number of carboxylic acid groups (broad SMARTS) is 1.